The Morgan fingerprint density at radius 1 is 1.75 bits per heavy atom. The van der Waals surface area contributed by atoms with Crippen molar-refractivity contribution in [3.8, 4) is 0 Å². The summed E-state index contributed by atoms with van der Waals surface area (Å²) in [5, 5.41) is 0. The Morgan fingerprint density at radius 3 is 2.75 bits per heavy atom. The summed E-state index contributed by atoms with van der Waals surface area (Å²) in [6.07, 6.45) is 4.94. The topological polar surface area (TPSA) is 28.7 Å². The summed E-state index contributed by atoms with van der Waals surface area (Å²) in [6.45, 7) is 0. The minimum atomic E-state index is 0. The Morgan fingerprint density at radius 2 is 2.50 bits per heavy atom. The molecule has 1 aromatic rings. The number of hydrogen-bond acceptors (Lipinski definition) is 2. The standard InChI is InChI=1S/C4H4N2S.Na.H/c7-4-3-5-1-2-6-4;;/h1-3H,(H,6,7);;/q;+1;-1. The predicted molar refractivity (Wildman–Crippen MR) is 30.5 cm³/mol. The molecule has 0 saturated carbocycles. The molecule has 1 heterocycles. The first-order valence-corrected chi connectivity index (χ1v) is 2.29. The van der Waals surface area contributed by atoms with Gasteiger partial charge in [0.15, 0.2) is 0 Å². The summed E-state index contributed by atoms with van der Waals surface area (Å²) < 4.78 is 0.669. The average molecular weight is 136 g/mol. The van der Waals surface area contributed by atoms with Crippen LogP contribution < -0.4 is 29.6 Å². The second kappa shape index (κ2) is 4.21. The van der Waals surface area contributed by atoms with Crippen molar-refractivity contribution in [1.29, 1.82) is 0 Å². The molecule has 4 heteroatoms. The molecule has 0 radical (unpaired) electrons. The van der Waals surface area contributed by atoms with Crippen molar-refractivity contribution in [3.05, 3.63) is 23.2 Å². The van der Waals surface area contributed by atoms with Crippen LogP contribution in [0.5, 0.6) is 0 Å². The maximum atomic E-state index is 4.69. The van der Waals surface area contributed by atoms with Crippen LogP contribution in [0.15, 0.2) is 18.6 Å². The molecule has 0 spiro atoms. The number of H-pyrrole nitrogens is 1. The number of rotatable bonds is 0. The third-order valence-corrected chi connectivity index (χ3v) is 0.801. The maximum absolute atomic E-state index is 4.69. The first kappa shape index (κ1) is 8.30. The third kappa shape index (κ3) is 2.57. The molecule has 0 fully saturated rings. The molecule has 1 N–H and O–H groups in total. The molecule has 0 aromatic carbocycles. The van der Waals surface area contributed by atoms with Gasteiger partial charge >= 0.3 is 29.6 Å². The van der Waals surface area contributed by atoms with E-state index >= 15 is 0 Å². The second-order valence-corrected chi connectivity index (χ2v) is 1.54. The van der Waals surface area contributed by atoms with Gasteiger partial charge in [-0.1, -0.05) is 12.2 Å². The van der Waals surface area contributed by atoms with Crippen LogP contribution in [0.3, 0.4) is 0 Å². The molecule has 0 aliphatic rings. The minimum Gasteiger partial charge on any atom is -1.00 e. The molecular weight excluding hydrogens is 131 g/mol. The van der Waals surface area contributed by atoms with E-state index in [1.165, 1.54) is 0 Å². The molecular formula is C4H5N2NaS. The molecule has 0 saturated heterocycles. The van der Waals surface area contributed by atoms with Gasteiger partial charge in [-0.3, -0.25) is 4.98 Å². The number of aromatic nitrogens is 2. The summed E-state index contributed by atoms with van der Waals surface area (Å²) in [5.41, 5.74) is 0. The zero-order valence-electron chi connectivity index (χ0n) is 5.59. The fraction of sp³-hybridized carbons (Fsp3) is 0. The molecule has 0 atom stereocenters. The van der Waals surface area contributed by atoms with Gasteiger partial charge in [-0.2, -0.15) is 0 Å². The second-order valence-electron chi connectivity index (χ2n) is 1.10. The number of nitrogens with one attached hydrogen (secondary N) is 1. The quantitative estimate of drug-likeness (QED) is 0.338. The van der Waals surface area contributed by atoms with Crippen molar-refractivity contribution in [2.45, 2.75) is 0 Å². The van der Waals surface area contributed by atoms with E-state index in [1.807, 2.05) is 0 Å². The van der Waals surface area contributed by atoms with Gasteiger partial charge in [0, 0.05) is 12.4 Å². The predicted octanol–water partition coefficient (Wildman–Crippen LogP) is -1.74. The first-order chi connectivity index (χ1) is 3.39. The first-order valence-electron chi connectivity index (χ1n) is 1.88. The van der Waals surface area contributed by atoms with E-state index in [0.717, 1.165) is 0 Å². The summed E-state index contributed by atoms with van der Waals surface area (Å²) in [6, 6.07) is 0. The van der Waals surface area contributed by atoms with Crippen molar-refractivity contribution in [3.63, 3.8) is 0 Å². The van der Waals surface area contributed by atoms with E-state index in [1.54, 1.807) is 18.6 Å². The van der Waals surface area contributed by atoms with Gasteiger partial charge in [-0.05, 0) is 0 Å². The molecule has 2 nitrogen and oxygen atoms in total. The zero-order valence-corrected chi connectivity index (χ0v) is 7.40. The van der Waals surface area contributed by atoms with Crippen LogP contribution in [0, 0.1) is 4.64 Å². The van der Waals surface area contributed by atoms with Crippen LogP contribution in [0.2, 0.25) is 0 Å². The monoisotopic (exact) mass is 136 g/mol. The minimum absolute atomic E-state index is 0. The Kier molecular flexibility index (Phi) is 4.36. The summed E-state index contributed by atoms with van der Waals surface area (Å²) in [7, 11) is 0. The molecule has 0 aliphatic carbocycles. The maximum Gasteiger partial charge on any atom is 1.00 e. The molecule has 1 aromatic heterocycles. The number of nitrogens with zero attached hydrogens (tertiary/aromatic N) is 1. The summed E-state index contributed by atoms with van der Waals surface area (Å²) in [5.74, 6) is 0. The van der Waals surface area contributed by atoms with Gasteiger partial charge in [0.25, 0.3) is 0 Å². The fourth-order valence-corrected chi connectivity index (χ4v) is 0.439. The molecule has 0 unspecified atom stereocenters. The Bertz CT molecular complexity index is 184. The smallest absolute Gasteiger partial charge is 1.00 e. The van der Waals surface area contributed by atoms with E-state index < -0.39 is 0 Å². The van der Waals surface area contributed by atoms with E-state index in [0.29, 0.717) is 4.64 Å². The fourth-order valence-electron chi connectivity index (χ4n) is 0.310. The van der Waals surface area contributed by atoms with Gasteiger partial charge in [0.1, 0.15) is 4.64 Å². The van der Waals surface area contributed by atoms with Crippen LogP contribution in [-0.2, 0) is 0 Å². The average Bonchev–Trinajstić information content (AvgIpc) is 1.69. The van der Waals surface area contributed by atoms with Crippen molar-refractivity contribution in [1.82, 2.24) is 9.97 Å². The molecule has 1 rings (SSSR count). The third-order valence-electron chi connectivity index (χ3n) is 0.578. The number of hydrogen-bond donors (Lipinski definition) is 1. The van der Waals surface area contributed by atoms with Crippen molar-refractivity contribution in [2.75, 3.05) is 0 Å². The SMILES string of the molecule is S=c1cncc[nH]1.[H-].[Na+]. The summed E-state index contributed by atoms with van der Waals surface area (Å²) >= 11 is 4.69. The largest absolute Gasteiger partial charge is 1.00 e. The van der Waals surface area contributed by atoms with Crippen LogP contribution in [-0.4, -0.2) is 9.97 Å². The molecule has 38 valence electrons. The van der Waals surface area contributed by atoms with Crippen LogP contribution >= 0.6 is 12.2 Å². The van der Waals surface area contributed by atoms with E-state index in [9.17, 15) is 0 Å². The van der Waals surface area contributed by atoms with Crippen LogP contribution in [0.1, 0.15) is 1.43 Å². The van der Waals surface area contributed by atoms with E-state index in [-0.39, 0.29) is 31.0 Å². The Labute approximate surface area is 76.1 Å². The van der Waals surface area contributed by atoms with E-state index in [4.69, 9.17) is 12.2 Å². The Balaban J connectivity index is 0. The van der Waals surface area contributed by atoms with Gasteiger partial charge in [0.05, 0.1) is 6.20 Å². The Hall–Kier alpha value is 0.300. The normalized spacial score (nSPS) is 7.50. The van der Waals surface area contributed by atoms with Crippen molar-refractivity contribution in [2.24, 2.45) is 0 Å². The molecule has 0 bridgehead atoms. The van der Waals surface area contributed by atoms with Crippen LogP contribution in [0.25, 0.3) is 0 Å². The van der Waals surface area contributed by atoms with Gasteiger partial charge in [0.2, 0.25) is 0 Å². The summed E-state index contributed by atoms with van der Waals surface area (Å²) in [4.78, 5) is 6.53. The number of aromatic amines is 1. The van der Waals surface area contributed by atoms with Gasteiger partial charge in [-0.25, -0.2) is 0 Å². The molecule has 8 heavy (non-hydrogen) atoms. The van der Waals surface area contributed by atoms with Gasteiger partial charge < -0.3 is 6.41 Å². The van der Waals surface area contributed by atoms with Crippen molar-refractivity contribution < 1.29 is 31.0 Å². The van der Waals surface area contributed by atoms with Gasteiger partial charge in [-0.15, -0.1) is 0 Å². The molecule has 0 amide bonds. The zero-order chi connectivity index (χ0) is 5.11. The van der Waals surface area contributed by atoms with Crippen molar-refractivity contribution >= 4 is 12.2 Å². The van der Waals surface area contributed by atoms with E-state index in [2.05, 4.69) is 9.97 Å². The molecule has 0 aliphatic heterocycles. The van der Waals surface area contributed by atoms with Crippen LogP contribution in [0.4, 0.5) is 0 Å².